The Balaban J connectivity index is 2.11. The highest BCUT2D eigenvalue weighted by Crippen LogP contribution is 2.18. The molecule has 6 heteroatoms. The fourth-order valence-electron chi connectivity index (χ4n) is 2.36. The molecule has 0 aromatic heterocycles. The van der Waals surface area contributed by atoms with Crippen molar-refractivity contribution in [2.45, 2.75) is 0 Å². The molecule has 0 atom stereocenters. The lowest BCUT2D eigenvalue weighted by atomic mass is 10.1. The van der Waals surface area contributed by atoms with Gasteiger partial charge in [-0.3, -0.25) is 5.43 Å². The van der Waals surface area contributed by atoms with Crippen LogP contribution in [-0.4, -0.2) is 10.1 Å². The van der Waals surface area contributed by atoms with E-state index < -0.39 is 0 Å². The fourth-order valence-corrected chi connectivity index (χ4v) is 2.36. The van der Waals surface area contributed by atoms with E-state index >= 15 is 0 Å². The van der Waals surface area contributed by atoms with Gasteiger partial charge in [0.15, 0.2) is 5.82 Å². The minimum Gasteiger partial charge on any atom is -0.289 e. The van der Waals surface area contributed by atoms with E-state index in [1.165, 1.54) is 5.22 Å². The molecule has 3 aliphatic rings. The first-order valence-electron chi connectivity index (χ1n) is 5.75. The van der Waals surface area contributed by atoms with Crippen molar-refractivity contribution in [3.8, 4) is 0 Å². The Morgan fingerprint density at radius 1 is 0.944 bits per heavy atom. The van der Waals surface area contributed by atoms with Crippen LogP contribution in [0.25, 0.3) is 11.5 Å². The molecule has 1 fully saturated rings. The zero-order chi connectivity index (χ0) is 11.9. The summed E-state index contributed by atoms with van der Waals surface area (Å²) in [7, 11) is 0. The Labute approximate surface area is 103 Å². The van der Waals surface area contributed by atoms with Crippen LogP contribution in [0, 0.1) is 0 Å². The second-order valence-corrected chi connectivity index (χ2v) is 4.12. The van der Waals surface area contributed by atoms with Gasteiger partial charge in [-0.1, -0.05) is 30.3 Å². The summed E-state index contributed by atoms with van der Waals surface area (Å²) < 4.78 is 0. The number of hydrazine groups is 5. The van der Waals surface area contributed by atoms with Crippen LogP contribution in [0.1, 0.15) is 0 Å². The summed E-state index contributed by atoms with van der Waals surface area (Å²) in [6.07, 6.45) is 8.14. The maximum Gasteiger partial charge on any atom is 0.163 e. The number of nitrogens with zero attached hydrogens (tertiary/aromatic N) is 2. The van der Waals surface area contributed by atoms with Crippen LogP contribution < -0.4 is 32.5 Å². The van der Waals surface area contributed by atoms with Gasteiger partial charge < -0.3 is 0 Å². The van der Waals surface area contributed by atoms with E-state index in [1.54, 1.807) is 0 Å². The minimum absolute atomic E-state index is 0.952. The van der Waals surface area contributed by atoms with Gasteiger partial charge in [0.05, 0.1) is 5.70 Å². The molecule has 1 aromatic carbocycles. The highest BCUT2D eigenvalue weighted by molar-refractivity contribution is 5.63. The largest absolute Gasteiger partial charge is 0.289 e. The summed E-state index contributed by atoms with van der Waals surface area (Å²) in [5, 5.41) is 6.29. The minimum atomic E-state index is 0.952. The molecule has 3 heterocycles. The number of rotatable bonds is 0. The van der Waals surface area contributed by atoms with Gasteiger partial charge in [-0.05, 0) is 12.2 Å². The summed E-state index contributed by atoms with van der Waals surface area (Å²) in [4.78, 5) is 0. The summed E-state index contributed by atoms with van der Waals surface area (Å²) in [6.45, 7) is 0. The van der Waals surface area contributed by atoms with E-state index in [9.17, 15) is 0 Å². The molecule has 0 unspecified atom stereocenters. The lowest BCUT2D eigenvalue weighted by molar-refractivity contribution is 0.0177. The van der Waals surface area contributed by atoms with Crippen LogP contribution in [0.2, 0.25) is 0 Å². The molecule has 90 valence electrons. The highest BCUT2D eigenvalue weighted by atomic mass is 16.0. The lowest BCUT2D eigenvalue weighted by Crippen LogP contribution is -2.70. The Morgan fingerprint density at radius 3 is 2.78 bits per heavy atom. The van der Waals surface area contributed by atoms with Crippen LogP contribution in [0.4, 0.5) is 0 Å². The van der Waals surface area contributed by atoms with Crippen molar-refractivity contribution in [2.75, 3.05) is 0 Å². The summed E-state index contributed by atoms with van der Waals surface area (Å²) >= 11 is 0. The summed E-state index contributed by atoms with van der Waals surface area (Å²) in [6, 6.07) is 8.30. The number of allylic oxidation sites excluding steroid dienone is 2. The third-order valence-corrected chi connectivity index (χ3v) is 3.13. The Hall–Kier alpha value is -2.28. The van der Waals surface area contributed by atoms with Crippen molar-refractivity contribution >= 4 is 11.5 Å². The molecule has 0 saturated carbocycles. The van der Waals surface area contributed by atoms with Gasteiger partial charge in [0, 0.05) is 16.6 Å². The van der Waals surface area contributed by atoms with Gasteiger partial charge in [-0.2, -0.15) is 16.2 Å². The van der Waals surface area contributed by atoms with Gasteiger partial charge in [0.1, 0.15) is 0 Å². The second kappa shape index (κ2) is 3.61. The Kier molecular flexibility index (Phi) is 1.95. The second-order valence-electron chi connectivity index (χ2n) is 4.12. The molecule has 0 radical (unpaired) electrons. The maximum absolute atomic E-state index is 3.12. The van der Waals surface area contributed by atoms with E-state index in [2.05, 4.69) is 40.2 Å². The quantitative estimate of drug-likeness (QED) is 0.443. The van der Waals surface area contributed by atoms with Crippen LogP contribution in [0.15, 0.2) is 48.7 Å². The molecule has 4 N–H and O–H groups in total. The van der Waals surface area contributed by atoms with Crippen molar-refractivity contribution in [3.63, 3.8) is 0 Å². The number of benzene rings is 1. The van der Waals surface area contributed by atoms with Gasteiger partial charge >= 0.3 is 0 Å². The lowest BCUT2D eigenvalue weighted by Gasteiger charge is -2.43. The predicted molar refractivity (Wildman–Crippen MR) is 67.0 cm³/mol. The molecule has 4 rings (SSSR count). The van der Waals surface area contributed by atoms with E-state index in [-0.39, 0.29) is 0 Å². The SMILES string of the molecule is C1=CC2=c3ccccc3=C3NNNNN3N2C=C1. The molecule has 6 nitrogen and oxygen atoms in total. The normalized spacial score (nSPS) is 20.2. The standard InChI is InChI=1S/C12H12N6/c1-2-6-10-9(5-1)11-7-3-4-8-17(11)18-12(10)13-14-15-16-18/h1-8,13-16H. The van der Waals surface area contributed by atoms with Crippen molar-refractivity contribution < 1.29 is 0 Å². The molecule has 1 saturated heterocycles. The maximum atomic E-state index is 3.12. The van der Waals surface area contributed by atoms with Crippen molar-refractivity contribution in [1.82, 2.24) is 32.2 Å². The topological polar surface area (TPSA) is 54.6 Å². The number of fused-ring (bicyclic) bond motifs is 4. The first-order chi connectivity index (χ1) is 8.95. The Bertz CT molecular complexity index is 674. The smallest absolute Gasteiger partial charge is 0.163 e. The van der Waals surface area contributed by atoms with E-state index in [4.69, 9.17) is 0 Å². The molecular weight excluding hydrogens is 228 g/mol. The van der Waals surface area contributed by atoms with E-state index in [0.717, 1.165) is 16.7 Å². The van der Waals surface area contributed by atoms with Crippen LogP contribution in [0.5, 0.6) is 0 Å². The molecule has 0 aliphatic carbocycles. The average Bonchev–Trinajstić information content (AvgIpc) is 2.48. The molecule has 0 bridgehead atoms. The van der Waals surface area contributed by atoms with Crippen molar-refractivity contribution in [3.05, 3.63) is 59.1 Å². The third-order valence-electron chi connectivity index (χ3n) is 3.13. The molecule has 3 aliphatic heterocycles. The van der Waals surface area contributed by atoms with Gasteiger partial charge in [0.25, 0.3) is 0 Å². The molecular formula is C12H12N6. The van der Waals surface area contributed by atoms with Crippen molar-refractivity contribution in [2.24, 2.45) is 0 Å². The molecule has 18 heavy (non-hydrogen) atoms. The van der Waals surface area contributed by atoms with Gasteiger partial charge in [0.2, 0.25) is 0 Å². The first-order valence-corrected chi connectivity index (χ1v) is 5.75. The number of hydrogen-bond donors (Lipinski definition) is 4. The zero-order valence-electron chi connectivity index (χ0n) is 9.51. The number of nitrogens with one attached hydrogen (secondary N) is 4. The number of hydrogen-bond acceptors (Lipinski definition) is 6. The van der Waals surface area contributed by atoms with Gasteiger partial charge in [-0.15, -0.1) is 5.53 Å². The van der Waals surface area contributed by atoms with Gasteiger partial charge in [-0.25, -0.2) is 5.01 Å². The van der Waals surface area contributed by atoms with Crippen LogP contribution in [0.3, 0.4) is 0 Å². The Morgan fingerprint density at radius 2 is 1.83 bits per heavy atom. The molecule has 0 spiro atoms. The fraction of sp³-hybridized carbons (Fsp3) is 0. The average molecular weight is 240 g/mol. The van der Waals surface area contributed by atoms with Crippen LogP contribution >= 0.6 is 0 Å². The third kappa shape index (κ3) is 1.22. The van der Waals surface area contributed by atoms with E-state index in [1.807, 2.05) is 40.6 Å². The van der Waals surface area contributed by atoms with Crippen molar-refractivity contribution in [1.29, 1.82) is 0 Å². The molecule has 0 amide bonds. The zero-order valence-corrected chi connectivity index (χ0v) is 9.51. The van der Waals surface area contributed by atoms with E-state index in [0.29, 0.717) is 0 Å². The highest BCUT2D eigenvalue weighted by Gasteiger charge is 2.26. The predicted octanol–water partition coefficient (Wildman–Crippen LogP) is -1.49. The first kappa shape index (κ1) is 9.72. The van der Waals surface area contributed by atoms with Crippen LogP contribution in [-0.2, 0) is 0 Å². The summed E-state index contributed by atoms with van der Waals surface area (Å²) in [5.74, 6) is 0.952. The molecule has 1 aromatic rings. The monoisotopic (exact) mass is 240 g/mol. The summed E-state index contributed by atoms with van der Waals surface area (Å²) in [5.41, 5.74) is 13.0.